The van der Waals surface area contributed by atoms with Gasteiger partial charge in [0.25, 0.3) is 11.5 Å². The standard InChI is InChI=1S/C22H19BClF7N4O2S/c23-22(15-11-32-13-33-12-15,21(37)34-9-8-14-2-1-3-16(25)10-14)35(20(36)19(24)26)17-4-6-18(7-5-17)38(27,28,29,30)31/h1-7,10-13,19H,8-9,23H2,(H,34,37)/t19-,22-/m0/s1. The lowest BCUT2D eigenvalue weighted by Gasteiger charge is -2.42. The number of rotatable bonds is 9. The zero-order chi connectivity index (χ0) is 28.4. The van der Waals surface area contributed by atoms with E-state index in [1.54, 1.807) is 6.07 Å². The van der Waals surface area contributed by atoms with Crippen LogP contribution in [-0.2, 0) is 21.4 Å². The van der Waals surface area contributed by atoms with E-state index in [0.717, 1.165) is 26.6 Å². The third-order valence-corrected chi connectivity index (χ3v) is 6.90. The number of nitrogens with zero attached hydrogens (tertiary/aromatic N) is 3. The molecule has 16 heteroatoms. The molecule has 0 spiro atoms. The Morgan fingerprint density at radius 2 is 1.66 bits per heavy atom. The lowest BCUT2D eigenvalue weighted by molar-refractivity contribution is -0.129. The van der Waals surface area contributed by atoms with Crippen LogP contribution in [0.2, 0.25) is 0 Å². The first kappa shape index (κ1) is 29.2. The Morgan fingerprint density at radius 1 is 1.05 bits per heavy atom. The van der Waals surface area contributed by atoms with Gasteiger partial charge in [0, 0.05) is 30.2 Å². The Bertz CT molecular complexity index is 1340. The van der Waals surface area contributed by atoms with Gasteiger partial charge in [-0.2, -0.15) is 0 Å². The highest BCUT2D eigenvalue weighted by molar-refractivity contribution is 8.45. The van der Waals surface area contributed by atoms with Crippen LogP contribution in [0.5, 0.6) is 0 Å². The van der Waals surface area contributed by atoms with Crippen molar-refractivity contribution < 1.29 is 37.8 Å². The van der Waals surface area contributed by atoms with E-state index in [0.29, 0.717) is 22.6 Å². The molecule has 3 aromatic rings. The molecular formula is C22H19BClF7N4O2S. The van der Waals surface area contributed by atoms with Gasteiger partial charge in [-0.3, -0.25) is 14.5 Å². The van der Waals surface area contributed by atoms with Crippen LogP contribution < -0.4 is 10.2 Å². The van der Waals surface area contributed by atoms with Gasteiger partial charge >= 0.3 is 10.2 Å². The molecule has 0 unspecified atom stereocenters. The SMILES string of the molecule is B[C@@](C(=O)NCCc1cccc(F)c1)(c1cncnc1)N(C(=O)[C@H](F)Cl)c1ccc(S(F)(F)(F)(F)F)cc1. The van der Waals surface area contributed by atoms with Crippen molar-refractivity contribution in [3.05, 3.63) is 84.2 Å². The Hall–Kier alpha value is -3.33. The summed E-state index contributed by atoms with van der Waals surface area (Å²) in [6.45, 7) is -0.101. The maximum absolute atomic E-state index is 14.1. The van der Waals surface area contributed by atoms with Crippen LogP contribution in [0.3, 0.4) is 0 Å². The van der Waals surface area contributed by atoms with Crippen molar-refractivity contribution in [3.8, 4) is 0 Å². The molecule has 0 saturated carbocycles. The number of nitrogens with one attached hydrogen (secondary N) is 1. The Morgan fingerprint density at radius 3 is 2.18 bits per heavy atom. The van der Waals surface area contributed by atoms with Crippen molar-refractivity contribution in [3.63, 3.8) is 0 Å². The molecule has 0 aliphatic carbocycles. The zero-order valence-corrected chi connectivity index (χ0v) is 21.0. The lowest BCUT2D eigenvalue weighted by Crippen LogP contribution is -2.61. The van der Waals surface area contributed by atoms with Crippen molar-refractivity contribution in [2.45, 2.75) is 22.4 Å². The van der Waals surface area contributed by atoms with E-state index in [4.69, 9.17) is 11.6 Å². The Balaban J connectivity index is 2.07. The van der Waals surface area contributed by atoms with Gasteiger partial charge in [0.1, 0.15) is 22.5 Å². The molecule has 3 rings (SSSR count). The highest BCUT2D eigenvalue weighted by atomic mass is 35.5. The van der Waals surface area contributed by atoms with Gasteiger partial charge in [0.2, 0.25) is 5.91 Å². The van der Waals surface area contributed by atoms with Gasteiger partial charge in [0.05, 0.1) is 0 Å². The summed E-state index contributed by atoms with van der Waals surface area (Å²) >= 11 is 5.37. The predicted octanol–water partition coefficient (Wildman–Crippen LogP) is 4.99. The van der Waals surface area contributed by atoms with Gasteiger partial charge in [0.15, 0.2) is 7.85 Å². The maximum Gasteiger partial charge on any atom is 0.310 e. The van der Waals surface area contributed by atoms with E-state index in [2.05, 4.69) is 15.3 Å². The molecule has 0 radical (unpaired) electrons. The van der Waals surface area contributed by atoms with Crippen LogP contribution in [0.1, 0.15) is 11.1 Å². The molecule has 38 heavy (non-hydrogen) atoms. The predicted molar refractivity (Wildman–Crippen MR) is 131 cm³/mol. The second-order valence-electron chi connectivity index (χ2n) is 8.27. The summed E-state index contributed by atoms with van der Waals surface area (Å²) in [5.41, 5.74) is -5.13. The second kappa shape index (κ2) is 9.77. The summed E-state index contributed by atoms with van der Waals surface area (Å²) in [7, 11) is -8.95. The Kier molecular flexibility index (Phi) is 7.51. The highest BCUT2D eigenvalue weighted by Gasteiger charge is 2.65. The number of amides is 2. The molecule has 0 bridgehead atoms. The van der Waals surface area contributed by atoms with Crippen LogP contribution in [0, 0.1) is 5.82 Å². The number of aromatic nitrogens is 2. The van der Waals surface area contributed by atoms with Crippen LogP contribution in [-0.4, -0.2) is 41.8 Å². The lowest BCUT2D eigenvalue weighted by atomic mass is 9.70. The van der Waals surface area contributed by atoms with Crippen molar-refractivity contribution in [1.82, 2.24) is 15.3 Å². The van der Waals surface area contributed by atoms with E-state index in [1.165, 1.54) is 18.2 Å². The first-order chi connectivity index (χ1) is 17.4. The summed E-state index contributed by atoms with van der Waals surface area (Å²) < 4.78 is 93.8. The summed E-state index contributed by atoms with van der Waals surface area (Å²) in [6.07, 6.45) is 3.42. The van der Waals surface area contributed by atoms with E-state index in [9.17, 15) is 37.8 Å². The van der Waals surface area contributed by atoms with Gasteiger partial charge in [-0.15, -0.1) is 0 Å². The highest BCUT2D eigenvalue weighted by Crippen LogP contribution is 3.02. The van der Waals surface area contributed by atoms with Crippen LogP contribution in [0.15, 0.2) is 72.1 Å². The molecule has 2 atom stereocenters. The molecule has 1 heterocycles. The van der Waals surface area contributed by atoms with Crippen molar-refractivity contribution in [1.29, 1.82) is 0 Å². The average Bonchev–Trinajstić information content (AvgIpc) is 2.83. The van der Waals surface area contributed by atoms with Gasteiger partial charge in [-0.25, -0.2) is 18.7 Å². The van der Waals surface area contributed by atoms with Crippen molar-refractivity contribution >= 4 is 47.2 Å². The van der Waals surface area contributed by atoms with E-state index in [1.807, 2.05) is 0 Å². The minimum Gasteiger partial charge on any atom is -0.354 e. The van der Waals surface area contributed by atoms with Gasteiger partial charge in [-0.05, 0) is 48.4 Å². The average molecular weight is 583 g/mol. The third-order valence-electron chi connectivity index (χ3n) is 5.55. The normalized spacial score (nSPS) is 15.9. The first-order valence-corrected chi connectivity index (χ1v) is 13.1. The number of halogens is 8. The monoisotopic (exact) mass is 582 g/mol. The second-order valence-corrected chi connectivity index (χ2v) is 11.1. The largest absolute Gasteiger partial charge is 0.354 e. The van der Waals surface area contributed by atoms with Gasteiger partial charge in [-0.1, -0.05) is 43.2 Å². The molecule has 0 aliphatic rings. The molecule has 0 aliphatic heterocycles. The number of benzene rings is 2. The van der Waals surface area contributed by atoms with Crippen LogP contribution in [0.4, 0.5) is 33.9 Å². The van der Waals surface area contributed by atoms with Gasteiger partial charge < -0.3 is 5.32 Å². The summed E-state index contributed by atoms with van der Waals surface area (Å²) in [6, 6.07) is 6.52. The third kappa shape index (κ3) is 6.56. The summed E-state index contributed by atoms with van der Waals surface area (Å²) in [4.78, 5) is 32.1. The molecule has 6 nitrogen and oxygen atoms in total. The smallest absolute Gasteiger partial charge is 0.310 e. The molecule has 0 fully saturated rings. The first-order valence-electron chi connectivity index (χ1n) is 10.7. The van der Waals surface area contributed by atoms with Crippen LogP contribution >= 0.6 is 21.8 Å². The topological polar surface area (TPSA) is 75.2 Å². The van der Waals surface area contributed by atoms with Crippen LogP contribution in [0.25, 0.3) is 0 Å². The van der Waals surface area contributed by atoms with E-state index >= 15 is 0 Å². The summed E-state index contributed by atoms with van der Waals surface area (Å²) in [5, 5.41) is 2.51. The molecule has 2 amide bonds. The van der Waals surface area contributed by atoms with Crippen molar-refractivity contribution in [2.75, 3.05) is 11.4 Å². The quantitative estimate of drug-likeness (QED) is 0.219. The Labute approximate surface area is 218 Å². The number of carbonyl (C=O) groups is 2. The molecule has 2 aromatic carbocycles. The minimum atomic E-state index is -10.1. The fraction of sp³-hybridized carbons (Fsp3) is 0.182. The fourth-order valence-corrected chi connectivity index (χ4v) is 4.40. The maximum atomic E-state index is 14.1. The van der Waals surface area contributed by atoms with E-state index < -0.39 is 49.5 Å². The molecule has 1 N–H and O–H groups in total. The number of alkyl halides is 2. The number of hydrogen-bond donors (Lipinski definition) is 1. The number of hydrogen-bond acceptors (Lipinski definition) is 4. The van der Waals surface area contributed by atoms with Crippen molar-refractivity contribution in [2.24, 2.45) is 0 Å². The fourth-order valence-electron chi connectivity index (χ4n) is 3.65. The number of carbonyl (C=O) groups excluding carboxylic acids is 2. The zero-order valence-electron chi connectivity index (χ0n) is 19.4. The molecule has 0 saturated heterocycles. The minimum absolute atomic E-state index is 0.0163. The van der Waals surface area contributed by atoms with E-state index in [-0.39, 0.29) is 30.7 Å². The summed E-state index contributed by atoms with van der Waals surface area (Å²) in [5.74, 6) is -3.05. The number of anilines is 1. The molecule has 1 aromatic heterocycles. The molecular weight excluding hydrogens is 564 g/mol. The molecule has 204 valence electrons.